The molecule has 2 unspecified atom stereocenters. The van der Waals surface area contributed by atoms with Gasteiger partial charge < -0.3 is 4.52 Å². The standard InChI is InChI=1S/C10H23O2PS3.Zn/c1-3-5-7-9-12-13(11,14)16(15)10-8-6-4-2;/h3-10H2,1-2H3,(H,11,14);. The Balaban J connectivity index is 0. The first kappa shape index (κ1) is 21.0. The smallest absolute Gasteiger partial charge is 0.314 e. The average Bonchev–Trinajstić information content (AvgIpc) is 2.24. The summed E-state index contributed by atoms with van der Waals surface area (Å²) >= 11 is 9.36. The van der Waals surface area contributed by atoms with Gasteiger partial charge in [0.05, 0.1) is 6.61 Å². The van der Waals surface area contributed by atoms with Gasteiger partial charge in [-0.15, -0.1) is 0 Å². The minimum Gasteiger partial charge on any atom is -0.314 e. The van der Waals surface area contributed by atoms with Crippen LogP contribution in [0.2, 0.25) is 0 Å². The molecule has 2 nitrogen and oxygen atoms in total. The van der Waals surface area contributed by atoms with Crippen LogP contribution in [0.4, 0.5) is 0 Å². The Labute approximate surface area is 131 Å². The molecule has 100 valence electrons. The number of hydrogen-bond acceptors (Lipinski definition) is 3. The van der Waals surface area contributed by atoms with Gasteiger partial charge in [0.15, 0.2) is 0 Å². The molecule has 0 amide bonds. The molecule has 0 rings (SSSR count). The molecule has 0 aliphatic rings. The van der Waals surface area contributed by atoms with Crippen molar-refractivity contribution in [1.82, 2.24) is 0 Å². The maximum Gasteiger partial charge on any atom is 0.314 e. The van der Waals surface area contributed by atoms with E-state index in [1.54, 1.807) is 0 Å². The molecule has 0 fully saturated rings. The van der Waals surface area contributed by atoms with Crippen molar-refractivity contribution in [3.63, 3.8) is 0 Å². The Morgan fingerprint density at radius 2 is 1.71 bits per heavy atom. The summed E-state index contributed by atoms with van der Waals surface area (Å²) in [6, 6.07) is 0. The van der Waals surface area contributed by atoms with Crippen molar-refractivity contribution in [3.8, 4) is 0 Å². The molecule has 0 aromatic carbocycles. The van der Waals surface area contributed by atoms with E-state index in [2.05, 4.69) is 26.1 Å². The summed E-state index contributed by atoms with van der Waals surface area (Å²) in [5, 5.41) is 0. The molecule has 0 N–H and O–H groups in total. The molecule has 0 spiro atoms. The molecule has 0 aliphatic heterocycles. The quantitative estimate of drug-likeness (QED) is 0.266. The summed E-state index contributed by atoms with van der Waals surface area (Å²) < 4.78 is 17.4. The van der Waals surface area contributed by atoms with Crippen molar-refractivity contribution in [2.75, 3.05) is 12.4 Å². The van der Waals surface area contributed by atoms with Gasteiger partial charge in [-0.25, -0.2) is 0 Å². The van der Waals surface area contributed by atoms with Crippen LogP contribution in [-0.2, 0) is 48.8 Å². The van der Waals surface area contributed by atoms with Crippen molar-refractivity contribution in [1.29, 1.82) is 0 Å². The topological polar surface area (TPSA) is 26.3 Å². The molecule has 0 bridgehead atoms. The van der Waals surface area contributed by atoms with Crippen LogP contribution in [0.3, 0.4) is 0 Å². The van der Waals surface area contributed by atoms with Crippen LogP contribution in [0.5, 0.6) is 0 Å². The molecule has 17 heavy (non-hydrogen) atoms. The van der Waals surface area contributed by atoms with Crippen LogP contribution in [0.1, 0.15) is 52.4 Å². The zero-order chi connectivity index (χ0) is 12.4. The average molecular weight is 368 g/mol. The Morgan fingerprint density at radius 3 is 2.24 bits per heavy atom. The number of hydrogen-bond donors (Lipinski definition) is 1. The maximum absolute atomic E-state index is 12.0. The second-order valence-corrected chi connectivity index (χ2v) is 13.1. The number of rotatable bonds is 10. The van der Waals surface area contributed by atoms with Gasteiger partial charge in [0, 0.05) is 25.2 Å². The van der Waals surface area contributed by atoms with E-state index in [0.717, 1.165) is 44.3 Å². The molecular weight excluding hydrogens is 345 g/mol. The summed E-state index contributed by atoms with van der Waals surface area (Å²) in [4.78, 5) is 0. The van der Waals surface area contributed by atoms with E-state index in [0.29, 0.717) is 6.61 Å². The maximum atomic E-state index is 12.0. The van der Waals surface area contributed by atoms with Gasteiger partial charge in [-0.3, -0.25) is 4.57 Å². The molecule has 0 saturated carbocycles. The summed E-state index contributed by atoms with van der Waals surface area (Å²) in [6.45, 7) is 4.80. The first-order chi connectivity index (χ1) is 7.54. The molecule has 0 aromatic rings. The molecular formula is C10H23O2PS3Zn. The first-order valence-electron chi connectivity index (χ1n) is 5.91. The second-order valence-electron chi connectivity index (χ2n) is 3.74. The largest absolute Gasteiger partial charge is 0.314 e. The van der Waals surface area contributed by atoms with E-state index in [1.807, 2.05) is 0 Å². The van der Waals surface area contributed by atoms with Gasteiger partial charge in [-0.1, -0.05) is 51.8 Å². The monoisotopic (exact) mass is 366 g/mol. The summed E-state index contributed by atoms with van der Waals surface area (Å²) in [6.07, 6.45) is 6.52. The third-order valence-electron chi connectivity index (χ3n) is 2.18. The van der Waals surface area contributed by atoms with Crippen LogP contribution < -0.4 is 0 Å². The second kappa shape index (κ2) is 12.8. The van der Waals surface area contributed by atoms with Crippen molar-refractivity contribution in [3.05, 3.63) is 0 Å². The van der Waals surface area contributed by atoms with Crippen molar-refractivity contribution < 1.29 is 28.6 Å². The van der Waals surface area contributed by atoms with Crippen molar-refractivity contribution in [2.24, 2.45) is 0 Å². The SMILES string of the molecule is CCCCCOP(=O)(S)S(=S)CCCCC.[Zn]. The summed E-state index contributed by atoms with van der Waals surface area (Å²) in [5.41, 5.74) is 0. The molecule has 0 heterocycles. The Morgan fingerprint density at radius 1 is 1.18 bits per heavy atom. The van der Waals surface area contributed by atoms with Crippen LogP contribution in [0.25, 0.3) is 0 Å². The van der Waals surface area contributed by atoms with Gasteiger partial charge in [0.1, 0.15) is 0 Å². The van der Waals surface area contributed by atoms with Crippen molar-refractivity contribution in [2.45, 2.75) is 52.4 Å². The van der Waals surface area contributed by atoms with E-state index in [1.165, 1.54) is 0 Å². The van der Waals surface area contributed by atoms with Gasteiger partial charge in [0.25, 0.3) is 0 Å². The first-order valence-corrected chi connectivity index (χ1v) is 11.6. The number of unbranched alkanes of at least 4 members (excludes halogenated alkanes) is 4. The van der Waals surface area contributed by atoms with Gasteiger partial charge in [-0.2, -0.15) is 0 Å². The van der Waals surface area contributed by atoms with E-state index in [-0.39, 0.29) is 19.5 Å². The molecule has 0 aromatic heterocycles. The summed E-state index contributed by atoms with van der Waals surface area (Å²) in [7, 11) is -0.606. The molecule has 0 saturated heterocycles. The summed E-state index contributed by atoms with van der Waals surface area (Å²) in [5.74, 6) is -2.02. The third kappa shape index (κ3) is 11.3. The predicted molar refractivity (Wildman–Crippen MR) is 81.2 cm³/mol. The van der Waals surface area contributed by atoms with E-state index in [4.69, 9.17) is 15.7 Å². The Bertz CT molecular complexity index is 252. The molecule has 0 aliphatic carbocycles. The predicted octanol–water partition coefficient (Wildman–Crippen LogP) is 4.50. The van der Waals surface area contributed by atoms with Crippen LogP contribution in [-0.4, -0.2) is 12.4 Å². The van der Waals surface area contributed by atoms with E-state index >= 15 is 0 Å². The third-order valence-corrected chi connectivity index (χ3v) is 11.6. The zero-order valence-corrected chi connectivity index (χ0v) is 17.3. The Hall–Kier alpha value is 1.73. The number of thiol groups is 1. The zero-order valence-electron chi connectivity index (χ0n) is 10.9. The van der Waals surface area contributed by atoms with Gasteiger partial charge in [0.2, 0.25) is 0 Å². The fraction of sp³-hybridized carbons (Fsp3) is 1.00. The van der Waals surface area contributed by atoms with E-state index in [9.17, 15) is 4.57 Å². The minimum absolute atomic E-state index is 0. The molecule has 0 radical (unpaired) electrons. The van der Waals surface area contributed by atoms with Crippen LogP contribution in [0.15, 0.2) is 0 Å². The van der Waals surface area contributed by atoms with Gasteiger partial charge >= 0.3 is 5.77 Å². The van der Waals surface area contributed by atoms with E-state index < -0.39 is 14.8 Å². The fourth-order valence-electron chi connectivity index (χ4n) is 1.18. The molecule has 2 atom stereocenters. The van der Waals surface area contributed by atoms with Gasteiger partial charge in [-0.05, 0) is 33.1 Å². The Kier molecular flexibility index (Phi) is 15.8. The normalized spacial score (nSPS) is 15.9. The molecule has 7 heteroatoms. The minimum atomic E-state index is -2.83. The fourth-order valence-corrected chi connectivity index (χ4v) is 5.72. The van der Waals surface area contributed by atoms with Crippen LogP contribution >= 0.6 is 18.0 Å². The van der Waals surface area contributed by atoms with Crippen LogP contribution in [0, 0.1) is 0 Å². The van der Waals surface area contributed by atoms with Crippen molar-refractivity contribution >= 4 is 38.3 Å².